The monoisotopic (exact) mass is 371 g/mol. The van der Waals surface area contributed by atoms with Crippen LogP contribution in [-0.4, -0.2) is 30.0 Å². The minimum atomic E-state index is -0.428. The molecule has 8 heteroatoms. The molecule has 0 saturated heterocycles. The van der Waals surface area contributed by atoms with Crippen LogP contribution in [0, 0.1) is 10.1 Å². The molecule has 0 saturated carbocycles. The van der Waals surface area contributed by atoms with Gasteiger partial charge in [0.15, 0.2) is 5.11 Å². The van der Waals surface area contributed by atoms with Crippen LogP contribution >= 0.6 is 12.2 Å². The van der Waals surface area contributed by atoms with E-state index in [0.29, 0.717) is 17.3 Å². The molecular formula is C18H17N3O4S. The third kappa shape index (κ3) is 3.65. The molecule has 1 aliphatic heterocycles. The second-order valence-electron chi connectivity index (χ2n) is 5.68. The minimum Gasteiger partial charge on any atom is -0.497 e. The summed E-state index contributed by atoms with van der Waals surface area (Å²) in [6.07, 6.45) is 0.557. The molecule has 1 aliphatic rings. The first-order valence-corrected chi connectivity index (χ1v) is 8.27. The van der Waals surface area contributed by atoms with Crippen LogP contribution in [-0.2, 0) is 0 Å². The predicted molar refractivity (Wildman–Crippen MR) is 102 cm³/mol. The number of nitrogens with one attached hydrogen (secondary N) is 1. The molecule has 1 N–H and O–H groups in total. The molecule has 26 heavy (non-hydrogen) atoms. The van der Waals surface area contributed by atoms with Gasteiger partial charge in [-0.25, -0.2) is 4.99 Å². The average molecular weight is 371 g/mol. The highest BCUT2D eigenvalue weighted by atomic mass is 32.1. The molecule has 134 valence electrons. The van der Waals surface area contributed by atoms with E-state index in [-0.39, 0.29) is 11.7 Å². The van der Waals surface area contributed by atoms with Gasteiger partial charge in [-0.3, -0.25) is 10.1 Å². The Labute approximate surface area is 155 Å². The first kappa shape index (κ1) is 17.8. The van der Waals surface area contributed by atoms with E-state index in [2.05, 4.69) is 10.3 Å². The number of nitro benzene ring substituents is 1. The molecule has 2 aromatic carbocycles. The van der Waals surface area contributed by atoms with E-state index in [4.69, 9.17) is 21.7 Å². The third-order valence-corrected chi connectivity index (χ3v) is 4.36. The fourth-order valence-electron chi connectivity index (χ4n) is 2.85. The summed E-state index contributed by atoms with van der Waals surface area (Å²) >= 11 is 5.29. The molecule has 3 rings (SSSR count). The lowest BCUT2D eigenvalue weighted by Crippen LogP contribution is -2.33. The van der Waals surface area contributed by atoms with Crippen molar-refractivity contribution < 1.29 is 14.4 Å². The SMILES string of the molecule is COc1ccc(OC)c(C2CC(c3ccc([N+](=O)[O-])cc3)=NC(=S)N2)c1. The number of benzene rings is 2. The van der Waals surface area contributed by atoms with E-state index in [0.717, 1.165) is 22.6 Å². The van der Waals surface area contributed by atoms with E-state index in [1.807, 2.05) is 18.2 Å². The molecule has 0 amide bonds. The number of hydrogen-bond acceptors (Lipinski definition) is 5. The van der Waals surface area contributed by atoms with Gasteiger partial charge in [0.05, 0.1) is 30.9 Å². The number of ether oxygens (including phenoxy) is 2. The molecule has 0 spiro atoms. The van der Waals surface area contributed by atoms with E-state index in [9.17, 15) is 10.1 Å². The largest absolute Gasteiger partial charge is 0.497 e. The number of rotatable bonds is 5. The number of nitrogens with zero attached hydrogens (tertiary/aromatic N) is 2. The number of hydrogen-bond donors (Lipinski definition) is 1. The van der Waals surface area contributed by atoms with E-state index in [1.54, 1.807) is 26.4 Å². The van der Waals surface area contributed by atoms with E-state index >= 15 is 0 Å². The van der Waals surface area contributed by atoms with Crippen molar-refractivity contribution in [3.05, 3.63) is 63.7 Å². The Balaban J connectivity index is 1.93. The maximum absolute atomic E-state index is 10.8. The Morgan fingerprint density at radius 3 is 2.54 bits per heavy atom. The molecule has 7 nitrogen and oxygen atoms in total. The summed E-state index contributed by atoms with van der Waals surface area (Å²) in [5.41, 5.74) is 2.50. The van der Waals surface area contributed by atoms with Crippen LogP contribution in [0.5, 0.6) is 11.5 Å². The van der Waals surface area contributed by atoms with Gasteiger partial charge in [-0.05, 0) is 48.1 Å². The highest BCUT2D eigenvalue weighted by molar-refractivity contribution is 7.80. The Morgan fingerprint density at radius 2 is 1.92 bits per heavy atom. The van der Waals surface area contributed by atoms with Crippen LogP contribution in [0.15, 0.2) is 47.5 Å². The molecule has 1 heterocycles. The summed E-state index contributed by atoms with van der Waals surface area (Å²) < 4.78 is 10.8. The van der Waals surface area contributed by atoms with Crippen molar-refractivity contribution in [1.82, 2.24) is 5.32 Å². The zero-order valence-corrected chi connectivity index (χ0v) is 15.1. The van der Waals surface area contributed by atoms with Gasteiger partial charge in [0.1, 0.15) is 11.5 Å². The zero-order chi connectivity index (χ0) is 18.7. The maximum Gasteiger partial charge on any atom is 0.269 e. The van der Waals surface area contributed by atoms with E-state index < -0.39 is 4.92 Å². The van der Waals surface area contributed by atoms with Crippen LogP contribution in [0.4, 0.5) is 5.69 Å². The van der Waals surface area contributed by atoms with Gasteiger partial charge in [0, 0.05) is 24.1 Å². The quantitative estimate of drug-likeness (QED) is 0.492. The normalized spacial score (nSPS) is 16.5. The zero-order valence-electron chi connectivity index (χ0n) is 14.3. The number of nitro groups is 1. The highest BCUT2D eigenvalue weighted by Crippen LogP contribution is 2.33. The lowest BCUT2D eigenvalue weighted by Gasteiger charge is -2.26. The Kier molecular flexibility index (Phi) is 5.13. The molecule has 1 atom stereocenters. The van der Waals surface area contributed by atoms with Crippen molar-refractivity contribution in [3.8, 4) is 11.5 Å². The molecule has 0 bridgehead atoms. The number of non-ortho nitro benzene ring substituents is 1. The van der Waals surface area contributed by atoms with Gasteiger partial charge >= 0.3 is 0 Å². The summed E-state index contributed by atoms with van der Waals surface area (Å²) in [5.74, 6) is 1.43. The van der Waals surface area contributed by atoms with Gasteiger partial charge < -0.3 is 14.8 Å². The molecule has 0 aliphatic carbocycles. The van der Waals surface area contributed by atoms with Crippen LogP contribution in [0.1, 0.15) is 23.6 Å². The second-order valence-corrected chi connectivity index (χ2v) is 6.06. The summed E-state index contributed by atoms with van der Waals surface area (Å²) in [6, 6.07) is 11.7. The summed E-state index contributed by atoms with van der Waals surface area (Å²) in [6.45, 7) is 0. The lowest BCUT2D eigenvalue weighted by atomic mass is 9.95. The highest BCUT2D eigenvalue weighted by Gasteiger charge is 2.25. The maximum atomic E-state index is 10.8. The fraction of sp³-hybridized carbons (Fsp3) is 0.222. The smallest absolute Gasteiger partial charge is 0.269 e. The van der Waals surface area contributed by atoms with Gasteiger partial charge in [0.2, 0.25) is 0 Å². The molecule has 1 unspecified atom stereocenters. The average Bonchev–Trinajstić information content (AvgIpc) is 2.67. The van der Waals surface area contributed by atoms with E-state index in [1.165, 1.54) is 12.1 Å². The second kappa shape index (κ2) is 7.49. The van der Waals surface area contributed by atoms with Crippen molar-refractivity contribution in [3.63, 3.8) is 0 Å². The molecular weight excluding hydrogens is 354 g/mol. The van der Waals surface area contributed by atoms with Crippen molar-refractivity contribution in [2.24, 2.45) is 4.99 Å². The molecule has 0 aromatic heterocycles. The Hall–Kier alpha value is -3.00. The van der Waals surface area contributed by atoms with Crippen LogP contribution in [0.3, 0.4) is 0 Å². The third-order valence-electron chi connectivity index (χ3n) is 4.16. The summed E-state index contributed by atoms with van der Waals surface area (Å²) in [4.78, 5) is 14.8. The van der Waals surface area contributed by atoms with Crippen molar-refractivity contribution in [1.29, 1.82) is 0 Å². The summed E-state index contributed by atoms with van der Waals surface area (Å²) in [5, 5.41) is 14.4. The molecule has 2 aromatic rings. The van der Waals surface area contributed by atoms with Gasteiger partial charge in [-0.15, -0.1) is 0 Å². The summed E-state index contributed by atoms with van der Waals surface area (Å²) in [7, 11) is 3.21. The van der Waals surface area contributed by atoms with Crippen molar-refractivity contribution in [2.75, 3.05) is 14.2 Å². The number of methoxy groups -OCH3 is 2. The minimum absolute atomic E-state index is 0.0388. The first-order chi connectivity index (χ1) is 12.5. The number of thiocarbonyl (C=S) groups is 1. The predicted octanol–water partition coefficient (Wildman–Crippen LogP) is 3.42. The number of aliphatic imine (C=N–C) groups is 1. The van der Waals surface area contributed by atoms with Crippen LogP contribution < -0.4 is 14.8 Å². The van der Waals surface area contributed by atoms with Crippen molar-refractivity contribution >= 4 is 28.7 Å². The van der Waals surface area contributed by atoms with Crippen LogP contribution in [0.25, 0.3) is 0 Å². The fourth-order valence-corrected chi connectivity index (χ4v) is 3.10. The lowest BCUT2D eigenvalue weighted by molar-refractivity contribution is -0.384. The van der Waals surface area contributed by atoms with Crippen molar-refractivity contribution in [2.45, 2.75) is 12.5 Å². The standard InChI is InChI=1S/C18H17N3O4S/c1-24-13-7-8-17(25-2)14(9-13)16-10-15(19-18(26)20-16)11-3-5-12(6-4-11)21(22)23/h3-9,16H,10H2,1-2H3,(H,20,26). The first-order valence-electron chi connectivity index (χ1n) is 7.86. The van der Waals surface area contributed by atoms with Crippen LogP contribution in [0.2, 0.25) is 0 Å². The van der Waals surface area contributed by atoms with Gasteiger partial charge in [0.25, 0.3) is 5.69 Å². The molecule has 0 radical (unpaired) electrons. The Bertz CT molecular complexity index is 881. The Morgan fingerprint density at radius 1 is 1.19 bits per heavy atom. The van der Waals surface area contributed by atoms with Gasteiger partial charge in [-0.2, -0.15) is 0 Å². The molecule has 0 fully saturated rings. The topological polar surface area (TPSA) is 86.0 Å². The van der Waals surface area contributed by atoms with Gasteiger partial charge in [-0.1, -0.05) is 0 Å².